The van der Waals surface area contributed by atoms with Crippen LogP contribution in [0.15, 0.2) is 51.6 Å². The number of phenolic OH excluding ortho intramolecular Hbond substituents is 1. The molecule has 4 aliphatic rings. The average Bonchev–Trinajstić information content (AvgIpc) is 3.06. The van der Waals surface area contributed by atoms with E-state index >= 15 is 0 Å². The maximum atomic E-state index is 14.3. The number of hydrogen-bond acceptors (Lipinski definition) is 6. The van der Waals surface area contributed by atoms with E-state index in [9.17, 15) is 33.5 Å². The number of carboxylic acid groups (broad SMARTS) is 1. The lowest BCUT2D eigenvalue weighted by molar-refractivity contribution is -0.142. The highest BCUT2D eigenvalue weighted by Gasteiger charge is 2.56. The Balaban J connectivity index is 1.65. The van der Waals surface area contributed by atoms with Crippen molar-refractivity contribution < 1.29 is 38.6 Å². The predicted octanol–water partition coefficient (Wildman–Crippen LogP) is 2.77. The minimum atomic E-state index is -1.14. The Morgan fingerprint density at radius 3 is 2.60 bits per heavy atom. The smallest absolute Gasteiger partial charge is 0.305 e. The molecule has 5 rings (SSSR count). The van der Waals surface area contributed by atoms with Crippen molar-refractivity contribution in [3.05, 3.63) is 62.9 Å². The molecule has 1 aromatic rings. The van der Waals surface area contributed by atoms with Gasteiger partial charge in [-0.25, -0.2) is 4.39 Å². The first-order valence-corrected chi connectivity index (χ1v) is 11.8. The Hall–Kier alpha value is -3.40. The van der Waals surface area contributed by atoms with Crippen molar-refractivity contribution in [2.75, 3.05) is 6.54 Å². The van der Waals surface area contributed by atoms with Crippen LogP contribution in [0.25, 0.3) is 0 Å². The molecule has 1 fully saturated rings. The van der Waals surface area contributed by atoms with Gasteiger partial charge in [0.05, 0.1) is 22.7 Å². The molecule has 0 spiro atoms. The zero-order valence-corrected chi connectivity index (χ0v) is 19.7. The standard InChI is InChI=1S/C25H19BrFNO7/c26-15-9-17(29)21-14(22(15)32)8-13-10(19(21)11-2-1-3-16(27)23(11)33)4-5-12-20(13)25(35)28(24(12)34)7-6-18(30)31/h1-4,9,12-13,19-20,33H,5-8H2,(H,30,31). The van der Waals surface area contributed by atoms with Gasteiger partial charge in [0.2, 0.25) is 11.8 Å². The summed E-state index contributed by atoms with van der Waals surface area (Å²) in [6.07, 6.45) is 2.69. The molecule has 4 atom stereocenters. The maximum absolute atomic E-state index is 14.3. The molecule has 3 aliphatic carbocycles. The largest absolute Gasteiger partial charge is 0.505 e. The van der Waals surface area contributed by atoms with E-state index in [0.717, 1.165) is 17.0 Å². The molecule has 1 aromatic carbocycles. The zero-order valence-electron chi connectivity index (χ0n) is 18.2. The number of likely N-dealkylation sites (tertiary alicyclic amines) is 1. The lowest BCUT2D eigenvalue weighted by Gasteiger charge is -2.42. The number of benzene rings is 1. The zero-order chi connectivity index (χ0) is 25.2. The molecule has 35 heavy (non-hydrogen) atoms. The summed E-state index contributed by atoms with van der Waals surface area (Å²) in [5, 5.41) is 19.6. The van der Waals surface area contributed by atoms with Crippen LogP contribution in [0.4, 0.5) is 4.39 Å². The number of halogens is 2. The van der Waals surface area contributed by atoms with Crippen LogP contribution in [-0.4, -0.2) is 51.0 Å². The van der Waals surface area contributed by atoms with E-state index in [1.54, 1.807) is 6.08 Å². The number of carbonyl (C=O) groups excluding carboxylic acids is 4. The summed E-state index contributed by atoms with van der Waals surface area (Å²) in [6.45, 7) is -0.254. The summed E-state index contributed by atoms with van der Waals surface area (Å²) >= 11 is 3.12. The number of carboxylic acids is 1. The van der Waals surface area contributed by atoms with E-state index in [4.69, 9.17) is 5.11 Å². The second kappa shape index (κ2) is 8.37. The molecule has 0 saturated carbocycles. The van der Waals surface area contributed by atoms with Gasteiger partial charge in [0, 0.05) is 35.2 Å². The average molecular weight is 544 g/mol. The van der Waals surface area contributed by atoms with Crippen molar-refractivity contribution in [2.45, 2.75) is 25.2 Å². The summed E-state index contributed by atoms with van der Waals surface area (Å²) < 4.78 is 14.4. The van der Waals surface area contributed by atoms with Gasteiger partial charge in [-0.1, -0.05) is 23.8 Å². The second-order valence-corrected chi connectivity index (χ2v) is 9.90. The van der Waals surface area contributed by atoms with E-state index in [1.165, 1.54) is 12.1 Å². The number of hydrogen-bond donors (Lipinski definition) is 2. The van der Waals surface area contributed by atoms with Crippen LogP contribution in [0, 0.1) is 23.6 Å². The van der Waals surface area contributed by atoms with E-state index in [1.807, 2.05) is 0 Å². The monoisotopic (exact) mass is 543 g/mol. The number of allylic oxidation sites excluding steroid dienone is 6. The Bertz CT molecular complexity index is 1330. The first-order valence-electron chi connectivity index (χ1n) is 11.0. The first kappa shape index (κ1) is 23.3. The van der Waals surface area contributed by atoms with Crippen molar-refractivity contribution in [1.29, 1.82) is 0 Å². The van der Waals surface area contributed by atoms with E-state index < -0.39 is 64.6 Å². The highest BCUT2D eigenvalue weighted by Crippen LogP contribution is 2.56. The van der Waals surface area contributed by atoms with Crippen LogP contribution in [0.5, 0.6) is 5.75 Å². The number of imide groups is 1. The third-order valence-electron chi connectivity index (χ3n) is 7.30. The van der Waals surface area contributed by atoms with Crippen molar-refractivity contribution in [2.24, 2.45) is 17.8 Å². The first-order chi connectivity index (χ1) is 16.6. The molecule has 0 aromatic heterocycles. The number of ketones is 2. The van der Waals surface area contributed by atoms with Gasteiger partial charge in [-0.2, -0.15) is 0 Å². The number of para-hydroxylation sites is 1. The van der Waals surface area contributed by atoms with E-state index in [2.05, 4.69) is 15.9 Å². The van der Waals surface area contributed by atoms with Gasteiger partial charge in [0.15, 0.2) is 23.1 Å². The lowest BCUT2D eigenvalue weighted by atomic mass is 9.59. The molecular formula is C25H19BrFNO7. The van der Waals surface area contributed by atoms with Gasteiger partial charge < -0.3 is 10.2 Å². The molecule has 8 nitrogen and oxygen atoms in total. The number of rotatable bonds is 4. The maximum Gasteiger partial charge on any atom is 0.305 e. The van der Waals surface area contributed by atoms with Crippen LogP contribution >= 0.6 is 15.9 Å². The molecule has 10 heteroatoms. The number of fused-ring (bicyclic) bond motifs is 3. The third kappa shape index (κ3) is 3.50. The van der Waals surface area contributed by atoms with Gasteiger partial charge >= 0.3 is 5.97 Å². The van der Waals surface area contributed by atoms with Crippen LogP contribution in [-0.2, 0) is 24.0 Å². The molecule has 1 aliphatic heterocycles. The van der Waals surface area contributed by atoms with Crippen molar-refractivity contribution in [3.8, 4) is 5.75 Å². The fourth-order valence-electron chi connectivity index (χ4n) is 5.82. The van der Waals surface area contributed by atoms with Gasteiger partial charge in [0.25, 0.3) is 0 Å². The highest BCUT2D eigenvalue weighted by molar-refractivity contribution is 9.12. The Morgan fingerprint density at radius 2 is 1.89 bits per heavy atom. The Labute approximate surface area is 206 Å². The molecular weight excluding hydrogens is 525 g/mol. The number of aromatic hydroxyl groups is 1. The summed E-state index contributed by atoms with van der Waals surface area (Å²) in [7, 11) is 0. The molecule has 1 saturated heterocycles. The Morgan fingerprint density at radius 1 is 1.14 bits per heavy atom. The molecule has 180 valence electrons. The van der Waals surface area contributed by atoms with Gasteiger partial charge in [-0.3, -0.25) is 28.9 Å². The van der Waals surface area contributed by atoms with Gasteiger partial charge in [-0.05, 0) is 40.8 Å². The number of phenols is 1. The van der Waals surface area contributed by atoms with E-state index in [0.29, 0.717) is 5.57 Å². The molecule has 0 bridgehead atoms. The van der Waals surface area contributed by atoms with E-state index in [-0.39, 0.29) is 47.0 Å². The minimum Gasteiger partial charge on any atom is -0.505 e. The fourth-order valence-corrected chi connectivity index (χ4v) is 6.27. The van der Waals surface area contributed by atoms with Crippen molar-refractivity contribution in [1.82, 2.24) is 4.90 Å². The summed E-state index contributed by atoms with van der Waals surface area (Å²) in [6, 6.07) is 3.93. The normalized spacial score (nSPS) is 27.9. The van der Waals surface area contributed by atoms with Crippen LogP contribution < -0.4 is 0 Å². The predicted molar refractivity (Wildman–Crippen MR) is 122 cm³/mol. The molecule has 4 unspecified atom stereocenters. The number of amides is 2. The Kier molecular flexibility index (Phi) is 5.58. The molecule has 0 radical (unpaired) electrons. The number of aliphatic carboxylic acids is 1. The van der Waals surface area contributed by atoms with Gasteiger partial charge in [0.1, 0.15) is 0 Å². The van der Waals surface area contributed by atoms with Crippen LogP contribution in [0.1, 0.15) is 30.7 Å². The SMILES string of the molecule is O=C(O)CCN1C(=O)C2CC=C3C(c4cccc(F)c4O)C4=C(CC3C2C1=O)C(=O)C(Br)=CC4=O. The lowest BCUT2D eigenvalue weighted by Crippen LogP contribution is -2.39. The quantitative estimate of drug-likeness (QED) is 0.339. The second-order valence-electron chi connectivity index (χ2n) is 9.04. The summed E-state index contributed by atoms with van der Waals surface area (Å²) in [5.74, 6) is -7.76. The molecule has 1 heterocycles. The summed E-state index contributed by atoms with van der Waals surface area (Å²) in [4.78, 5) is 64.5. The molecule has 2 amide bonds. The van der Waals surface area contributed by atoms with Gasteiger partial charge in [-0.15, -0.1) is 0 Å². The topological polar surface area (TPSA) is 129 Å². The van der Waals surface area contributed by atoms with Crippen LogP contribution in [0.2, 0.25) is 0 Å². The third-order valence-corrected chi connectivity index (χ3v) is 7.89. The van der Waals surface area contributed by atoms with Crippen LogP contribution in [0.3, 0.4) is 0 Å². The number of Topliss-reactive ketones (excluding diaryl/α,β-unsaturated/α-hetero) is 1. The minimum absolute atomic E-state index is 0.0220. The highest BCUT2D eigenvalue weighted by atomic mass is 79.9. The number of nitrogens with zero attached hydrogens (tertiary/aromatic N) is 1. The van der Waals surface area contributed by atoms with Crippen molar-refractivity contribution >= 4 is 45.3 Å². The number of carbonyl (C=O) groups is 5. The molecule has 2 N–H and O–H groups in total. The van der Waals surface area contributed by atoms with Crippen molar-refractivity contribution in [3.63, 3.8) is 0 Å². The fraction of sp³-hybridized carbons (Fsp3) is 0.320. The summed E-state index contributed by atoms with van der Waals surface area (Å²) in [5.41, 5.74) is 0.948.